The van der Waals surface area contributed by atoms with Gasteiger partial charge < -0.3 is 9.88 Å². The quantitative estimate of drug-likeness (QED) is 0.873. The van der Waals surface area contributed by atoms with E-state index in [2.05, 4.69) is 10.2 Å². The van der Waals surface area contributed by atoms with Crippen LogP contribution in [-0.2, 0) is 16.9 Å². The molecule has 3 rings (SSSR count). The fraction of sp³-hybridized carbons (Fsp3) is 0.667. The van der Waals surface area contributed by atoms with Crippen LogP contribution < -0.4 is 5.32 Å². The highest BCUT2D eigenvalue weighted by atomic mass is 32.2. The van der Waals surface area contributed by atoms with Crippen LogP contribution in [0.5, 0.6) is 0 Å². The number of nitrogens with one attached hydrogen (secondary N) is 1. The summed E-state index contributed by atoms with van der Waals surface area (Å²) in [5.74, 6) is 0.00620. The van der Waals surface area contributed by atoms with Crippen LogP contribution in [0.25, 0.3) is 0 Å². The van der Waals surface area contributed by atoms with Crippen LogP contribution in [0.4, 0.5) is 0 Å². The van der Waals surface area contributed by atoms with Gasteiger partial charge in [0.25, 0.3) is 5.91 Å². The largest absolute Gasteiger partial charge is 0.347 e. The molecular weight excluding hydrogens is 302 g/mol. The predicted molar refractivity (Wildman–Crippen MR) is 84.5 cm³/mol. The number of aryl methyl sites for hydroxylation is 1. The first-order valence-corrected chi connectivity index (χ1v) is 9.65. The van der Waals surface area contributed by atoms with E-state index >= 15 is 0 Å². The van der Waals surface area contributed by atoms with Gasteiger partial charge in [0, 0.05) is 19.3 Å². The molecule has 1 amide bonds. The van der Waals surface area contributed by atoms with Crippen LogP contribution in [0.15, 0.2) is 18.3 Å². The highest BCUT2D eigenvalue weighted by molar-refractivity contribution is 7.91. The fourth-order valence-electron chi connectivity index (χ4n) is 3.52. The van der Waals surface area contributed by atoms with E-state index in [1.807, 2.05) is 19.3 Å². The third-order valence-electron chi connectivity index (χ3n) is 4.68. The number of carbonyl (C=O) groups excluding carboxylic acids is 1. The van der Waals surface area contributed by atoms with Crippen LogP contribution in [-0.4, -0.2) is 60.5 Å². The number of hydrogen-bond acceptors (Lipinski definition) is 4. The number of hydrogen-bond donors (Lipinski definition) is 1. The summed E-state index contributed by atoms with van der Waals surface area (Å²) in [7, 11) is -1.27. The van der Waals surface area contributed by atoms with Crippen molar-refractivity contribution in [3.8, 4) is 0 Å². The molecule has 0 aromatic carbocycles. The molecule has 0 spiro atoms. The van der Waals surface area contributed by atoms with Gasteiger partial charge in [-0.1, -0.05) is 6.42 Å². The highest BCUT2D eigenvalue weighted by Gasteiger charge is 2.42. The van der Waals surface area contributed by atoms with Gasteiger partial charge in [0.05, 0.1) is 17.5 Å². The van der Waals surface area contributed by atoms with Gasteiger partial charge in [0.1, 0.15) is 5.69 Å². The van der Waals surface area contributed by atoms with Crippen molar-refractivity contribution in [2.45, 2.75) is 31.3 Å². The van der Waals surface area contributed by atoms with Gasteiger partial charge in [-0.15, -0.1) is 0 Å². The minimum atomic E-state index is -3.08. The van der Waals surface area contributed by atoms with Crippen molar-refractivity contribution in [1.29, 1.82) is 0 Å². The van der Waals surface area contributed by atoms with Crippen molar-refractivity contribution < 1.29 is 13.2 Å². The Morgan fingerprint density at radius 3 is 2.59 bits per heavy atom. The molecule has 2 saturated heterocycles. The average molecular weight is 325 g/mol. The van der Waals surface area contributed by atoms with Gasteiger partial charge in [-0.25, -0.2) is 8.42 Å². The second-order valence-corrected chi connectivity index (χ2v) is 8.48. The molecule has 2 atom stereocenters. The maximum absolute atomic E-state index is 12.4. The number of amides is 1. The highest BCUT2D eigenvalue weighted by Crippen LogP contribution is 2.22. The predicted octanol–water partition coefficient (Wildman–Crippen LogP) is 0.406. The summed E-state index contributed by atoms with van der Waals surface area (Å²) in [5, 5.41) is 2.94. The summed E-state index contributed by atoms with van der Waals surface area (Å²) < 4.78 is 25.8. The molecular formula is C15H23N3O3S. The Hall–Kier alpha value is -1.34. The Bertz CT molecular complexity index is 647. The first kappa shape index (κ1) is 15.6. The standard InChI is InChI=1S/C15H23N3O3S/c1-17-7-5-6-13(17)15(19)16-12-10-22(20,21)11-14(12)18-8-3-2-4-9-18/h5-7,12,14H,2-4,8-11H2,1H3,(H,16,19)/t12-,14-/m0/s1. The van der Waals surface area contributed by atoms with E-state index in [-0.39, 0.29) is 29.5 Å². The smallest absolute Gasteiger partial charge is 0.268 e. The molecule has 7 heteroatoms. The molecule has 2 aliphatic heterocycles. The molecule has 0 unspecified atom stereocenters. The van der Waals surface area contributed by atoms with Gasteiger partial charge >= 0.3 is 0 Å². The molecule has 1 aromatic rings. The van der Waals surface area contributed by atoms with E-state index in [0.717, 1.165) is 25.9 Å². The van der Waals surface area contributed by atoms with Crippen LogP contribution in [0, 0.1) is 0 Å². The number of nitrogens with zero attached hydrogens (tertiary/aromatic N) is 2. The molecule has 122 valence electrons. The molecule has 22 heavy (non-hydrogen) atoms. The average Bonchev–Trinajstić information content (AvgIpc) is 3.03. The molecule has 2 aliphatic rings. The minimum Gasteiger partial charge on any atom is -0.347 e. The summed E-state index contributed by atoms with van der Waals surface area (Å²) in [6.07, 6.45) is 5.23. The third-order valence-corrected chi connectivity index (χ3v) is 6.39. The van der Waals surface area contributed by atoms with Crippen molar-refractivity contribution >= 4 is 15.7 Å². The monoisotopic (exact) mass is 325 g/mol. The maximum atomic E-state index is 12.4. The maximum Gasteiger partial charge on any atom is 0.268 e. The Balaban J connectivity index is 1.75. The zero-order valence-electron chi connectivity index (χ0n) is 12.9. The third kappa shape index (κ3) is 3.20. The van der Waals surface area contributed by atoms with Crippen LogP contribution in [0.3, 0.4) is 0 Å². The normalized spacial score (nSPS) is 28.6. The number of rotatable bonds is 3. The summed E-state index contributed by atoms with van der Waals surface area (Å²) in [5.41, 5.74) is 0.557. The number of sulfone groups is 1. The van der Waals surface area contributed by atoms with Crippen molar-refractivity contribution in [2.24, 2.45) is 7.05 Å². The number of carbonyl (C=O) groups is 1. The second-order valence-electron chi connectivity index (χ2n) is 6.33. The lowest BCUT2D eigenvalue weighted by atomic mass is 10.0. The Morgan fingerprint density at radius 2 is 1.95 bits per heavy atom. The number of likely N-dealkylation sites (tertiary alicyclic amines) is 1. The van der Waals surface area contributed by atoms with Gasteiger partial charge in [-0.05, 0) is 38.1 Å². The Labute approximate surface area is 131 Å². The van der Waals surface area contributed by atoms with Gasteiger partial charge in [-0.2, -0.15) is 0 Å². The summed E-state index contributed by atoms with van der Waals surface area (Å²) in [6.45, 7) is 1.85. The van der Waals surface area contributed by atoms with Gasteiger partial charge in [0.2, 0.25) is 0 Å². The lowest BCUT2D eigenvalue weighted by Gasteiger charge is -2.35. The molecule has 1 aromatic heterocycles. The summed E-state index contributed by atoms with van der Waals surface area (Å²) >= 11 is 0. The first-order valence-electron chi connectivity index (χ1n) is 7.83. The zero-order chi connectivity index (χ0) is 15.7. The minimum absolute atomic E-state index is 0.0460. The van der Waals surface area contributed by atoms with E-state index in [9.17, 15) is 13.2 Å². The summed E-state index contributed by atoms with van der Waals surface area (Å²) in [6, 6.07) is 3.15. The number of aromatic nitrogens is 1. The van der Waals surface area contributed by atoms with Crippen LogP contribution in [0.2, 0.25) is 0 Å². The topological polar surface area (TPSA) is 71.4 Å². The molecule has 3 heterocycles. The molecule has 0 radical (unpaired) electrons. The van der Waals surface area contributed by atoms with E-state index in [1.54, 1.807) is 10.6 Å². The molecule has 0 bridgehead atoms. The van der Waals surface area contributed by atoms with E-state index in [4.69, 9.17) is 0 Å². The summed E-state index contributed by atoms with van der Waals surface area (Å²) in [4.78, 5) is 14.6. The SMILES string of the molecule is Cn1cccc1C(=O)N[C@H]1CS(=O)(=O)C[C@@H]1N1CCCCC1. The number of piperidine rings is 1. The van der Waals surface area contributed by atoms with E-state index in [0.29, 0.717) is 5.69 Å². The van der Waals surface area contributed by atoms with Crippen LogP contribution >= 0.6 is 0 Å². The zero-order valence-corrected chi connectivity index (χ0v) is 13.7. The van der Waals surface area contributed by atoms with Crippen molar-refractivity contribution in [1.82, 2.24) is 14.8 Å². The van der Waals surface area contributed by atoms with Crippen LogP contribution in [0.1, 0.15) is 29.8 Å². The van der Waals surface area contributed by atoms with Crippen molar-refractivity contribution in [3.05, 3.63) is 24.0 Å². The lowest BCUT2D eigenvalue weighted by molar-refractivity contribution is 0.0892. The molecule has 0 saturated carbocycles. The van der Waals surface area contributed by atoms with Crippen molar-refractivity contribution in [3.63, 3.8) is 0 Å². The first-order chi connectivity index (χ1) is 10.5. The molecule has 0 aliphatic carbocycles. The Morgan fingerprint density at radius 1 is 1.23 bits per heavy atom. The Kier molecular flexibility index (Phi) is 4.27. The lowest BCUT2D eigenvalue weighted by Crippen LogP contribution is -2.52. The molecule has 6 nitrogen and oxygen atoms in total. The molecule has 1 N–H and O–H groups in total. The van der Waals surface area contributed by atoms with Crippen molar-refractivity contribution in [2.75, 3.05) is 24.6 Å². The van der Waals surface area contributed by atoms with Gasteiger partial charge in [0.15, 0.2) is 9.84 Å². The van der Waals surface area contributed by atoms with Gasteiger partial charge in [-0.3, -0.25) is 9.69 Å². The second kappa shape index (κ2) is 6.04. The van der Waals surface area contributed by atoms with E-state index < -0.39 is 9.84 Å². The van der Waals surface area contributed by atoms with E-state index in [1.165, 1.54) is 6.42 Å². The molecule has 2 fully saturated rings. The fourth-order valence-corrected chi connectivity index (χ4v) is 5.47.